The SMILES string of the molecule is CCC(C)C(=O)N1CCCC(C(=O)NC2(CN)CCCC2)C1.Cl. The quantitative estimate of drug-likeness (QED) is 0.801. The van der Waals surface area contributed by atoms with Crippen molar-refractivity contribution in [1.29, 1.82) is 0 Å². The highest BCUT2D eigenvalue weighted by atomic mass is 35.5. The van der Waals surface area contributed by atoms with E-state index in [-0.39, 0.29) is 41.6 Å². The molecule has 1 heterocycles. The first-order valence-corrected chi connectivity index (χ1v) is 8.82. The molecule has 23 heavy (non-hydrogen) atoms. The van der Waals surface area contributed by atoms with Crippen LogP contribution in [0.15, 0.2) is 0 Å². The maximum absolute atomic E-state index is 12.6. The summed E-state index contributed by atoms with van der Waals surface area (Å²) in [6, 6.07) is 0. The van der Waals surface area contributed by atoms with E-state index in [2.05, 4.69) is 5.32 Å². The number of amides is 2. The van der Waals surface area contributed by atoms with Crippen molar-refractivity contribution in [3.63, 3.8) is 0 Å². The van der Waals surface area contributed by atoms with E-state index in [0.717, 1.165) is 51.5 Å². The third kappa shape index (κ3) is 4.83. The highest BCUT2D eigenvalue weighted by Crippen LogP contribution is 2.29. The molecule has 0 bridgehead atoms. The van der Waals surface area contributed by atoms with E-state index in [1.165, 1.54) is 0 Å². The van der Waals surface area contributed by atoms with Gasteiger partial charge in [0.25, 0.3) is 0 Å². The summed E-state index contributed by atoms with van der Waals surface area (Å²) in [5.74, 6) is 0.251. The minimum Gasteiger partial charge on any atom is -0.349 e. The van der Waals surface area contributed by atoms with Crippen LogP contribution in [0.3, 0.4) is 0 Å². The number of nitrogens with zero attached hydrogens (tertiary/aromatic N) is 1. The molecule has 0 radical (unpaired) electrons. The van der Waals surface area contributed by atoms with Crippen molar-refractivity contribution in [3.8, 4) is 0 Å². The summed E-state index contributed by atoms with van der Waals surface area (Å²) in [5.41, 5.74) is 5.71. The molecule has 0 aromatic heterocycles. The van der Waals surface area contributed by atoms with Crippen molar-refractivity contribution in [3.05, 3.63) is 0 Å². The van der Waals surface area contributed by atoms with E-state index in [1.807, 2.05) is 18.7 Å². The number of nitrogens with one attached hydrogen (secondary N) is 1. The first-order valence-electron chi connectivity index (χ1n) is 8.82. The second kappa shape index (κ2) is 8.88. The average molecular weight is 346 g/mol. The molecule has 134 valence electrons. The number of carbonyl (C=O) groups excluding carboxylic acids is 2. The zero-order valence-corrected chi connectivity index (χ0v) is 15.3. The van der Waals surface area contributed by atoms with Gasteiger partial charge in [-0.2, -0.15) is 0 Å². The molecule has 0 aromatic carbocycles. The maximum atomic E-state index is 12.6. The van der Waals surface area contributed by atoms with Crippen LogP contribution in [0.1, 0.15) is 58.8 Å². The molecule has 2 aliphatic rings. The third-order valence-corrected chi connectivity index (χ3v) is 5.48. The van der Waals surface area contributed by atoms with Gasteiger partial charge in [-0.05, 0) is 32.1 Å². The zero-order valence-electron chi connectivity index (χ0n) is 14.5. The van der Waals surface area contributed by atoms with Crippen molar-refractivity contribution in [2.24, 2.45) is 17.6 Å². The third-order valence-electron chi connectivity index (χ3n) is 5.48. The molecule has 3 N–H and O–H groups in total. The summed E-state index contributed by atoms with van der Waals surface area (Å²) in [6.45, 7) is 5.86. The Balaban J connectivity index is 0.00000264. The van der Waals surface area contributed by atoms with Gasteiger partial charge in [-0.3, -0.25) is 9.59 Å². The molecule has 2 unspecified atom stereocenters. The highest BCUT2D eigenvalue weighted by molar-refractivity contribution is 5.85. The molecule has 2 rings (SSSR count). The molecule has 5 nitrogen and oxygen atoms in total. The number of piperidine rings is 1. The Bertz CT molecular complexity index is 411. The fraction of sp³-hybridized carbons (Fsp3) is 0.882. The maximum Gasteiger partial charge on any atom is 0.225 e. The molecule has 2 fully saturated rings. The van der Waals surface area contributed by atoms with Crippen molar-refractivity contribution < 1.29 is 9.59 Å². The standard InChI is InChI=1S/C17H31N3O2.ClH/c1-3-13(2)16(22)20-10-6-7-14(11-20)15(21)19-17(12-18)8-4-5-9-17;/h13-14H,3-12,18H2,1-2H3,(H,19,21);1H. The monoisotopic (exact) mass is 345 g/mol. The molecule has 2 atom stereocenters. The van der Waals surface area contributed by atoms with Gasteiger partial charge in [-0.15, -0.1) is 12.4 Å². The molecule has 1 saturated carbocycles. The lowest BCUT2D eigenvalue weighted by Gasteiger charge is -2.36. The Labute approximate surface area is 146 Å². The van der Waals surface area contributed by atoms with E-state index >= 15 is 0 Å². The molecule has 2 amide bonds. The molecular weight excluding hydrogens is 314 g/mol. The lowest BCUT2D eigenvalue weighted by atomic mass is 9.92. The minimum absolute atomic E-state index is 0. The fourth-order valence-corrected chi connectivity index (χ4v) is 3.67. The van der Waals surface area contributed by atoms with Crippen LogP contribution in [0.2, 0.25) is 0 Å². The van der Waals surface area contributed by atoms with Crippen LogP contribution in [0, 0.1) is 11.8 Å². The van der Waals surface area contributed by atoms with E-state index in [9.17, 15) is 9.59 Å². The lowest BCUT2D eigenvalue weighted by molar-refractivity contribution is -0.139. The van der Waals surface area contributed by atoms with Crippen LogP contribution in [0.5, 0.6) is 0 Å². The number of rotatable bonds is 5. The van der Waals surface area contributed by atoms with Crippen molar-refractivity contribution in [2.75, 3.05) is 19.6 Å². The Kier molecular flexibility index (Phi) is 7.81. The number of halogens is 1. The normalized spacial score (nSPS) is 24.7. The first-order chi connectivity index (χ1) is 10.5. The Morgan fingerprint density at radius 1 is 1.30 bits per heavy atom. The first kappa shape index (κ1) is 20.2. The van der Waals surface area contributed by atoms with Crippen molar-refractivity contribution >= 4 is 24.2 Å². The smallest absolute Gasteiger partial charge is 0.225 e. The predicted octanol–water partition coefficient (Wildman–Crippen LogP) is 2.08. The molecule has 1 aliphatic carbocycles. The van der Waals surface area contributed by atoms with Crippen LogP contribution in [-0.2, 0) is 9.59 Å². The van der Waals surface area contributed by atoms with E-state index in [4.69, 9.17) is 5.73 Å². The van der Waals surface area contributed by atoms with Gasteiger partial charge < -0.3 is 16.0 Å². The largest absolute Gasteiger partial charge is 0.349 e. The number of carbonyl (C=O) groups is 2. The van der Waals surface area contributed by atoms with Crippen LogP contribution < -0.4 is 11.1 Å². The number of likely N-dealkylation sites (tertiary alicyclic amines) is 1. The van der Waals surface area contributed by atoms with Crippen LogP contribution >= 0.6 is 12.4 Å². The minimum atomic E-state index is -0.194. The van der Waals surface area contributed by atoms with E-state index in [0.29, 0.717) is 13.1 Å². The fourth-order valence-electron chi connectivity index (χ4n) is 3.67. The van der Waals surface area contributed by atoms with Crippen molar-refractivity contribution in [1.82, 2.24) is 10.2 Å². The van der Waals surface area contributed by atoms with Gasteiger partial charge in [0.05, 0.1) is 11.5 Å². The topological polar surface area (TPSA) is 75.4 Å². The Morgan fingerprint density at radius 2 is 1.96 bits per heavy atom. The van der Waals surface area contributed by atoms with Gasteiger partial charge in [0.1, 0.15) is 0 Å². The van der Waals surface area contributed by atoms with Gasteiger partial charge in [0.2, 0.25) is 11.8 Å². The van der Waals surface area contributed by atoms with Gasteiger partial charge in [-0.1, -0.05) is 26.7 Å². The Morgan fingerprint density at radius 3 is 2.52 bits per heavy atom. The average Bonchev–Trinajstić information content (AvgIpc) is 3.02. The summed E-state index contributed by atoms with van der Waals surface area (Å²) >= 11 is 0. The van der Waals surface area contributed by atoms with Crippen LogP contribution in [0.25, 0.3) is 0 Å². The Hall–Kier alpha value is -0.810. The lowest BCUT2D eigenvalue weighted by Crippen LogP contribution is -2.55. The molecular formula is C17H32ClN3O2. The van der Waals surface area contributed by atoms with Crippen molar-refractivity contribution in [2.45, 2.75) is 64.3 Å². The van der Waals surface area contributed by atoms with E-state index < -0.39 is 0 Å². The van der Waals surface area contributed by atoms with Gasteiger partial charge in [0, 0.05) is 25.6 Å². The van der Waals surface area contributed by atoms with Crippen LogP contribution in [0.4, 0.5) is 0 Å². The zero-order chi connectivity index (χ0) is 16.2. The summed E-state index contributed by atoms with van der Waals surface area (Å²) in [7, 11) is 0. The predicted molar refractivity (Wildman–Crippen MR) is 94.4 cm³/mol. The summed E-state index contributed by atoms with van der Waals surface area (Å²) in [5, 5.41) is 3.21. The number of hydrogen-bond acceptors (Lipinski definition) is 3. The summed E-state index contributed by atoms with van der Waals surface area (Å²) in [4.78, 5) is 26.8. The molecule has 0 spiro atoms. The van der Waals surface area contributed by atoms with Gasteiger partial charge >= 0.3 is 0 Å². The molecule has 1 aliphatic heterocycles. The number of hydrogen-bond donors (Lipinski definition) is 2. The number of nitrogens with two attached hydrogens (primary N) is 1. The molecule has 0 aromatic rings. The second-order valence-corrected chi connectivity index (χ2v) is 7.11. The molecule has 6 heteroatoms. The van der Waals surface area contributed by atoms with Gasteiger partial charge in [0.15, 0.2) is 0 Å². The van der Waals surface area contributed by atoms with E-state index in [1.54, 1.807) is 0 Å². The second-order valence-electron chi connectivity index (χ2n) is 7.11. The summed E-state index contributed by atoms with van der Waals surface area (Å²) in [6.07, 6.45) is 6.88. The highest BCUT2D eigenvalue weighted by Gasteiger charge is 2.37. The van der Waals surface area contributed by atoms with Gasteiger partial charge in [-0.25, -0.2) is 0 Å². The van der Waals surface area contributed by atoms with Crippen LogP contribution in [-0.4, -0.2) is 41.9 Å². The summed E-state index contributed by atoms with van der Waals surface area (Å²) < 4.78 is 0. The molecule has 1 saturated heterocycles.